The molecule has 0 aliphatic heterocycles. The molecule has 0 aromatic rings. The van der Waals surface area contributed by atoms with Crippen LogP contribution in [0.3, 0.4) is 0 Å². The first-order chi connectivity index (χ1) is 53.5. The summed E-state index contributed by atoms with van der Waals surface area (Å²) in [5, 5.41) is 10.7. The number of esters is 4. The molecule has 0 fully saturated rings. The number of unbranched alkanes of at least 4 members (excludes halogenated alkanes) is 63. The van der Waals surface area contributed by atoms with E-state index in [9.17, 15) is 43.2 Å². The molecule has 0 radical (unpaired) electrons. The molecular weight excluding hydrogens is 1430 g/mol. The van der Waals surface area contributed by atoms with Gasteiger partial charge < -0.3 is 33.8 Å². The second kappa shape index (κ2) is 83.5. The van der Waals surface area contributed by atoms with E-state index in [0.29, 0.717) is 25.7 Å². The van der Waals surface area contributed by atoms with E-state index in [2.05, 4.69) is 34.6 Å². The lowest BCUT2D eigenvalue weighted by molar-refractivity contribution is -0.161. The van der Waals surface area contributed by atoms with Gasteiger partial charge in [0, 0.05) is 25.7 Å². The summed E-state index contributed by atoms with van der Waals surface area (Å²) in [5.74, 6) is -1.32. The number of aliphatic hydroxyl groups is 1. The van der Waals surface area contributed by atoms with Crippen molar-refractivity contribution in [1.82, 2.24) is 0 Å². The molecule has 0 spiro atoms. The van der Waals surface area contributed by atoms with E-state index >= 15 is 0 Å². The van der Waals surface area contributed by atoms with Crippen LogP contribution >= 0.6 is 15.6 Å². The number of phosphoric acid groups is 2. The number of carbonyl (C=O) groups is 4. The van der Waals surface area contributed by atoms with Gasteiger partial charge in [0.25, 0.3) is 0 Å². The largest absolute Gasteiger partial charge is 0.472 e. The van der Waals surface area contributed by atoms with Gasteiger partial charge >= 0.3 is 39.5 Å². The lowest BCUT2D eigenvalue weighted by Crippen LogP contribution is -2.30. The molecule has 3 N–H and O–H groups in total. The van der Waals surface area contributed by atoms with Gasteiger partial charge in [0.15, 0.2) is 12.2 Å². The Morgan fingerprint density at radius 3 is 0.618 bits per heavy atom. The molecule has 0 aromatic heterocycles. The number of carbonyl (C=O) groups excluding carboxylic acids is 4. The molecule has 2 unspecified atom stereocenters. The Bertz CT molecular complexity index is 2080. The highest BCUT2D eigenvalue weighted by atomic mass is 31.2. The average molecular weight is 1610 g/mol. The zero-order chi connectivity index (χ0) is 80.4. The van der Waals surface area contributed by atoms with Crippen molar-refractivity contribution in [3.63, 3.8) is 0 Å². The fourth-order valence-electron chi connectivity index (χ4n) is 14.4. The van der Waals surface area contributed by atoms with E-state index in [1.165, 1.54) is 321 Å². The van der Waals surface area contributed by atoms with Crippen LogP contribution in [-0.2, 0) is 65.4 Å². The van der Waals surface area contributed by atoms with Crippen molar-refractivity contribution < 1.29 is 80.2 Å². The fraction of sp³-hybridized carbons (Fsp3) is 0.956. The molecule has 17 nitrogen and oxygen atoms in total. The van der Waals surface area contributed by atoms with Crippen LogP contribution in [0.1, 0.15) is 497 Å². The summed E-state index contributed by atoms with van der Waals surface area (Å²) in [7, 11) is -9.93. The van der Waals surface area contributed by atoms with Crippen LogP contribution in [0.2, 0.25) is 0 Å². The first-order valence-electron chi connectivity index (χ1n) is 47.1. The lowest BCUT2D eigenvalue weighted by Gasteiger charge is -2.21. The minimum Gasteiger partial charge on any atom is -0.462 e. The van der Waals surface area contributed by atoms with Crippen LogP contribution in [0.25, 0.3) is 0 Å². The standard InChI is InChI=1S/C91H178O17P2/c1-6-9-12-15-18-21-24-27-29-31-33-35-37-39-41-43-45-51-56-61-66-71-76-90(95)107-87(81-102-89(94)75-70-65-60-55-50-44-42-40-38-36-34-32-30-28-25-22-19-16-13-10-7-2)83-106-110(99,100)104-79-85(92)78-103-109(97,98)105-82-86(80-101-88(93)74-69-64-59-54-49-26-23-20-17-14-11-8-3)108-91(96)77-72-67-62-57-52-47-46-48-53-58-63-68-73-84(4)5/h84-87,92H,6-83H2,1-5H3,(H,97,98)(H,99,100)/t85-,86+,87+/m0/s1. The maximum absolute atomic E-state index is 13.2. The van der Waals surface area contributed by atoms with Crippen molar-refractivity contribution in [2.45, 2.75) is 515 Å². The smallest absolute Gasteiger partial charge is 0.462 e. The molecule has 0 aliphatic rings. The second-order valence-corrected chi connectivity index (χ2v) is 36.1. The van der Waals surface area contributed by atoms with Gasteiger partial charge in [-0.25, -0.2) is 9.13 Å². The summed E-state index contributed by atoms with van der Waals surface area (Å²) in [6.45, 7) is 7.40. The fourth-order valence-corrected chi connectivity index (χ4v) is 15.9. The van der Waals surface area contributed by atoms with E-state index < -0.39 is 97.5 Å². The molecule has 0 bridgehead atoms. The van der Waals surface area contributed by atoms with Crippen molar-refractivity contribution in [1.29, 1.82) is 0 Å². The van der Waals surface area contributed by atoms with Crippen molar-refractivity contribution in [2.24, 2.45) is 5.92 Å². The van der Waals surface area contributed by atoms with Crippen LogP contribution in [0.4, 0.5) is 0 Å². The maximum atomic E-state index is 13.2. The molecule has 0 saturated heterocycles. The lowest BCUT2D eigenvalue weighted by atomic mass is 10.0. The number of phosphoric ester groups is 2. The third-order valence-corrected chi connectivity index (χ3v) is 23.4. The van der Waals surface area contributed by atoms with E-state index in [4.69, 9.17) is 37.0 Å². The van der Waals surface area contributed by atoms with Gasteiger partial charge in [0.05, 0.1) is 26.4 Å². The number of aliphatic hydroxyl groups excluding tert-OH is 1. The zero-order valence-corrected chi connectivity index (χ0v) is 74.2. The molecular formula is C91H178O17P2. The Kier molecular flexibility index (Phi) is 82.1. The van der Waals surface area contributed by atoms with E-state index in [0.717, 1.165) is 95.8 Å². The molecule has 0 aromatic carbocycles. The highest BCUT2D eigenvalue weighted by Crippen LogP contribution is 2.45. The van der Waals surface area contributed by atoms with Crippen molar-refractivity contribution in [3.8, 4) is 0 Å². The quantitative estimate of drug-likeness (QED) is 0.0222. The van der Waals surface area contributed by atoms with Crippen molar-refractivity contribution >= 4 is 39.5 Å². The number of rotatable bonds is 91. The molecule has 654 valence electrons. The van der Waals surface area contributed by atoms with E-state index in [1.807, 2.05) is 0 Å². The monoisotopic (exact) mass is 1610 g/mol. The van der Waals surface area contributed by atoms with Crippen molar-refractivity contribution in [2.75, 3.05) is 39.6 Å². The van der Waals surface area contributed by atoms with Gasteiger partial charge in [-0.15, -0.1) is 0 Å². The number of hydrogen-bond donors (Lipinski definition) is 3. The Morgan fingerprint density at radius 2 is 0.418 bits per heavy atom. The summed E-state index contributed by atoms with van der Waals surface area (Å²) < 4.78 is 69.1. The van der Waals surface area contributed by atoms with Gasteiger partial charge in [0.1, 0.15) is 19.3 Å². The Balaban J connectivity index is 5.23. The van der Waals surface area contributed by atoms with Gasteiger partial charge in [-0.3, -0.25) is 37.3 Å². The molecule has 0 rings (SSSR count). The zero-order valence-electron chi connectivity index (χ0n) is 72.4. The first-order valence-corrected chi connectivity index (χ1v) is 50.1. The average Bonchev–Trinajstić information content (AvgIpc) is 0.899. The molecule has 0 saturated carbocycles. The van der Waals surface area contributed by atoms with Crippen LogP contribution in [0, 0.1) is 5.92 Å². The van der Waals surface area contributed by atoms with Crippen LogP contribution in [-0.4, -0.2) is 96.7 Å². The Hall–Kier alpha value is -1.94. The second-order valence-electron chi connectivity index (χ2n) is 33.2. The third kappa shape index (κ3) is 84.0. The summed E-state index contributed by atoms with van der Waals surface area (Å²) in [6, 6.07) is 0. The van der Waals surface area contributed by atoms with E-state index in [-0.39, 0.29) is 25.7 Å². The Morgan fingerprint density at radius 1 is 0.245 bits per heavy atom. The summed E-state index contributed by atoms with van der Waals surface area (Å²) in [5.41, 5.74) is 0. The normalized spacial score (nSPS) is 13.7. The third-order valence-electron chi connectivity index (χ3n) is 21.5. The van der Waals surface area contributed by atoms with E-state index in [1.54, 1.807) is 0 Å². The highest BCUT2D eigenvalue weighted by molar-refractivity contribution is 7.47. The van der Waals surface area contributed by atoms with Crippen LogP contribution in [0.5, 0.6) is 0 Å². The topological polar surface area (TPSA) is 237 Å². The first kappa shape index (κ1) is 108. The minimum absolute atomic E-state index is 0.108. The Labute approximate surface area is 677 Å². The van der Waals surface area contributed by atoms with Gasteiger partial charge in [-0.1, -0.05) is 446 Å². The van der Waals surface area contributed by atoms with Gasteiger partial charge in [-0.2, -0.15) is 0 Å². The van der Waals surface area contributed by atoms with Gasteiger partial charge in [-0.05, 0) is 31.6 Å². The number of hydrogen-bond acceptors (Lipinski definition) is 15. The number of ether oxygens (including phenoxy) is 4. The molecule has 19 heteroatoms. The molecule has 5 atom stereocenters. The van der Waals surface area contributed by atoms with Crippen molar-refractivity contribution in [3.05, 3.63) is 0 Å². The van der Waals surface area contributed by atoms with Crippen LogP contribution < -0.4 is 0 Å². The molecule has 0 amide bonds. The predicted molar refractivity (Wildman–Crippen MR) is 455 cm³/mol. The van der Waals surface area contributed by atoms with Gasteiger partial charge in [0.2, 0.25) is 0 Å². The molecule has 110 heavy (non-hydrogen) atoms. The highest BCUT2D eigenvalue weighted by Gasteiger charge is 2.31. The molecule has 0 aliphatic carbocycles. The summed E-state index contributed by atoms with van der Waals surface area (Å²) in [4.78, 5) is 73.4. The maximum Gasteiger partial charge on any atom is 0.472 e. The minimum atomic E-state index is -4.97. The predicted octanol–water partition coefficient (Wildman–Crippen LogP) is 28.3. The van der Waals surface area contributed by atoms with Crippen LogP contribution in [0.15, 0.2) is 0 Å². The SMILES string of the molecule is CCCCCCCCCCCCCCCCCCCCCCCCC(=O)O[C@H](COC(=O)CCCCCCCCCCCCCCCCCCCCCCC)COP(=O)(O)OC[C@@H](O)COP(=O)(O)OC[C@@H](COC(=O)CCCCCCCCCCCCCC)OC(=O)CCCCCCCCCCCCCCC(C)C. The summed E-state index contributed by atoms with van der Waals surface area (Å²) >= 11 is 0. The summed E-state index contributed by atoms with van der Waals surface area (Å²) in [6.07, 6.45) is 79.3. The molecule has 0 heterocycles.